The van der Waals surface area contributed by atoms with Gasteiger partial charge in [-0.25, -0.2) is 4.79 Å². The molecule has 1 aliphatic rings. The van der Waals surface area contributed by atoms with Crippen LogP contribution in [0.3, 0.4) is 0 Å². The molecule has 0 amide bonds. The highest BCUT2D eigenvalue weighted by atomic mass is 16.6. The zero-order chi connectivity index (χ0) is 10.4. The summed E-state index contributed by atoms with van der Waals surface area (Å²) in [6.45, 7) is 7.31. The highest BCUT2D eigenvalue weighted by molar-refractivity contribution is 5.81. The Morgan fingerprint density at radius 3 is 2.71 bits per heavy atom. The van der Waals surface area contributed by atoms with E-state index < -0.39 is 5.97 Å². The van der Waals surface area contributed by atoms with Crippen LogP contribution in [0.1, 0.15) is 13.3 Å². The normalized spacial score (nSPS) is 18.4. The highest BCUT2D eigenvalue weighted by Gasteiger charge is 2.37. The second-order valence-corrected chi connectivity index (χ2v) is 3.25. The molecule has 0 N–H and O–H groups in total. The van der Waals surface area contributed by atoms with Crippen molar-refractivity contribution < 1.29 is 19.0 Å². The van der Waals surface area contributed by atoms with Crippen LogP contribution in [0.5, 0.6) is 0 Å². The third-order valence-electron chi connectivity index (χ3n) is 2.28. The fourth-order valence-corrected chi connectivity index (χ4v) is 1.18. The maximum absolute atomic E-state index is 10.7. The summed E-state index contributed by atoms with van der Waals surface area (Å²) in [6.07, 6.45) is 2.06. The Kier molecular flexibility index (Phi) is 4.10. The van der Waals surface area contributed by atoms with E-state index in [-0.39, 0.29) is 12.2 Å². The number of hydrogen-bond acceptors (Lipinski definition) is 4. The summed E-state index contributed by atoms with van der Waals surface area (Å²) in [6, 6.07) is 0. The van der Waals surface area contributed by atoms with Crippen LogP contribution in [0.15, 0.2) is 12.7 Å². The molecule has 0 spiro atoms. The molecule has 1 saturated heterocycles. The van der Waals surface area contributed by atoms with E-state index in [1.54, 1.807) is 0 Å². The molecule has 4 heteroatoms. The van der Waals surface area contributed by atoms with Crippen LogP contribution in [0.4, 0.5) is 0 Å². The lowest BCUT2D eigenvalue weighted by Crippen LogP contribution is -2.51. The van der Waals surface area contributed by atoms with E-state index >= 15 is 0 Å². The largest absolute Gasteiger partial charge is 0.460 e. The Hall–Kier alpha value is -0.870. The highest BCUT2D eigenvalue weighted by Crippen LogP contribution is 2.25. The molecule has 1 fully saturated rings. The molecular weight excluding hydrogens is 184 g/mol. The van der Waals surface area contributed by atoms with Crippen molar-refractivity contribution in [3.63, 3.8) is 0 Å². The second-order valence-electron chi connectivity index (χ2n) is 3.25. The standard InChI is InChI=1S/C10H16O4/c1-3-9(11)13-5-6-14-10(4-2)7-12-8-10/h3H,1,4-8H2,2H3. The smallest absolute Gasteiger partial charge is 0.330 e. The Morgan fingerprint density at radius 1 is 1.57 bits per heavy atom. The van der Waals surface area contributed by atoms with Crippen LogP contribution in [-0.4, -0.2) is 38.0 Å². The first-order valence-corrected chi connectivity index (χ1v) is 4.73. The lowest BCUT2D eigenvalue weighted by molar-refractivity contribution is -0.214. The molecule has 80 valence electrons. The quantitative estimate of drug-likeness (QED) is 0.363. The fourth-order valence-electron chi connectivity index (χ4n) is 1.18. The van der Waals surface area contributed by atoms with Crippen LogP contribution in [-0.2, 0) is 19.0 Å². The molecule has 1 aliphatic heterocycles. The molecule has 0 aromatic carbocycles. The van der Waals surface area contributed by atoms with Gasteiger partial charge in [0, 0.05) is 6.08 Å². The molecular formula is C10H16O4. The Balaban J connectivity index is 2.08. The Labute approximate surface area is 83.8 Å². The molecule has 4 nitrogen and oxygen atoms in total. The van der Waals surface area contributed by atoms with Crippen molar-refractivity contribution >= 4 is 5.97 Å². The zero-order valence-corrected chi connectivity index (χ0v) is 8.45. The third-order valence-corrected chi connectivity index (χ3v) is 2.28. The SMILES string of the molecule is C=CC(=O)OCCOC1(CC)COC1. The average Bonchev–Trinajstić information content (AvgIpc) is 2.15. The van der Waals surface area contributed by atoms with Crippen molar-refractivity contribution in [2.75, 3.05) is 26.4 Å². The molecule has 0 saturated carbocycles. The van der Waals surface area contributed by atoms with Gasteiger partial charge in [-0.3, -0.25) is 0 Å². The van der Waals surface area contributed by atoms with Crippen molar-refractivity contribution in [1.82, 2.24) is 0 Å². The lowest BCUT2D eigenvalue weighted by Gasteiger charge is -2.40. The van der Waals surface area contributed by atoms with Crippen LogP contribution < -0.4 is 0 Å². The second kappa shape index (κ2) is 5.12. The molecule has 0 atom stereocenters. The van der Waals surface area contributed by atoms with Gasteiger partial charge in [0.1, 0.15) is 12.2 Å². The minimum Gasteiger partial charge on any atom is -0.460 e. The van der Waals surface area contributed by atoms with Crippen molar-refractivity contribution in [1.29, 1.82) is 0 Å². The van der Waals surface area contributed by atoms with E-state index in [0.717, 1.165) is 12.5 Å². The van der Waals surface area contributed by atoms with Crippen molar-refractivity contribution in [2.45, 2.75) is 18.9 Å². The Morgan fingerprint density at radius 2 is 2.29 bits per heavy atom. The molecule has 0 aromatic rings. The van der Waals surface area contributed by atoms with Gasteiger partial charge in [0.15, 0.2) is 0 Å². The minimum atomic E-state index is -0.413. The number of carbonyl (C=O) groups is 1. The summed E-state index contributed by atoms with van der Waals surface area (Å²) in [7, 11) is 0. The summed E-state index contributed by atoms with van der Waals surface area (Å²) in [4.78, 5) is 10.7. The molecule has 0 radical (unpaired) electrons. The van der Waals surface area contributed by atoms with Crippen molar-refractivity contribution in [3.05, 3.63) is 12.7 Å². The number of rotatable bonds is 6. The van der Waals surface area contributed by atoms with Gasteiger partial charge < -0.3 is 14.2 Å². The maximum Gasteiger partial charge on any atom is 0.330 e. The zero-order valence-electron chi connectivity index (χ0n) is 8.45. The van der Waals surface area contributed by atoms with Gasteiger partial charge in [-0.2, -0.15) is 0 Å². The van der Waals surface area contributed by atoms with E-state index in [4.69, 9.17) is 14.2 Å². The van der Waals surface area contributed by atoms with Gasteiger partial charge >= 0.3 is 5.97 Å². The number of esters is 1. The maximum atomic E-state index is 10.7. The van der Waals surface area contributed by atoms with Crippen LogP contribution >= 0.6 is 0 Å². The summed E-state index contributed by atoms with van der Waals surface area (Å²) >= 11 is 0. The monoisotopic (exact) mass is 200 g/mol. The van der Waals surface area contributed by atoms with Gasteiger partial charge in [0.2, 0.25) is 0 Å². The fraction of sp³-hybridized carbons (Fsp3) is 0.700. The first-order valence-electron chi connectivity index (χ1n) is 4.73. The van der Waals surface area contributed by atoms with E-state index in [2.05, 4.69) is 13.5 Å². The van der Waals surface area contributed by atoms with Gasteiger partial charge in [-0.05, 0) is 6.42 Å². The van der Waals surface area contributed by atoms with Gasteiger partial charge in [0.25, 0.3) is 0 Å². The van der Waals surface area contributed by atoms with E-state index in [1.165, 1.54) is 0 Å². The van der Waals surface area contributed by atoms with Crippen LogP contribution in [0.25, 0.3) is 0 Å². The van der Waals surface area contributed by atoms with Crippen LogP contribution in [0, 0.1) is 0 Å². The third kappa shape index (κ3) is 2.82. The topological polar surface area (TPSA) is 44.8 Å². The summed E-state index contributed by atoms with van der Waals surface area (Å²) < 4.78 is 15.4. The predicted octanol–water partition coefficient (Wildman–Crippen LogP) is 0.911. The molecule has 1 heterocycles. The molecule has 1 rings (SSSR count). The van der Waals surface area contributed by atoms with Gasteiger partial charge in [-0.15, -0.1) is 0 Å². The number of carbonyl (C=O) groups excluding carboxylic acids is 1. The number of ether oxygens (including phenoxy) is 3. The van der Waals surface area contributed by atoms with Crippen molar-refractivity contribution in [3.8, 4) is 0 Å². The Bertz CT molecular complexity index is 203. The summed E-state index contributed by atoms with van der Waals surface area (Å²) in [5.74, 6) is -0.413. The first-order chi connectivity index (χ1) is 6.72. The van der Waals surface area contributed by atoms with Crippen molar-refractivity contribution in [2.24, 2.45) is 0 Å². The molecule has 0 aromatic heterocycles. The lowest BCUT2D eigenvalue weighted by atomic mass is 9.99. The summed E-state index contributed by atoms with van der Waals surface area (Å²) in [5.41, 5.74) is -0.138. The van der Waals surface area contributed by atoms with Crippen LogP contribution in [0.2, 0.25) is 0 Å². The summed E-state index contributed by atoms with van der Waals surface area (Å²) in [5, 5.41) is 0. The van der Waals surface area contributed by atoms with E-state index in [9.17, 15) is 4.79 Å². The molecule has 14 heavy (non-hydrogen) atoms. The first kappa shape index (κ1) is 11.2. The number of hydrogen-bond donors (Lipinski definition) is 0. The van der Waals surface area contributed by atoms with E-state index in [1.807, 2.05) is 0 Å². The van der Waals surface area contributed by atoms with E-state index in [0.29, 0.717) is 19.8 Å². The predicted molar refractivity (Wildman–Crippen MR) is 50.9 cm³/mol. The molecule has 0 unspecified atom stereocenters. The van der Waals surface area contributed by atoms with Gasteiger partial charge in [0.05, 0.1) is 19.8 Å². The minimum absolute atomic E-state index is 0.138. The average molecular weight is 200 g/mol. The molecule has 0 aliphatic carbocycles. The van der Waals surface area contributed by atoms with Gasteiger partial charge in [-0.1, -0.05) is 13.5 Å². The molecule has 0 bridgehead atoms.